The van der Waals surface area contributed by atoms with Gasteiger partial charge < -0.3 is 9.64 Å². The Hall–Kier alpha value is -2.21. The molecule has 0 heterocycles. The number of rotatable bonds is 9. The lowest BCUT2D eigenvalue weighted by Gasteiger charge is -2.19. The second kappa shape index (κ2) is 8.76. The Morgan fingerprint density at radius 1 is 1.00 bits per heavy atom. The fourth-order valence-electron chi connectivity index (χ4n) is 2.40. The molecular weight excluding hydrogens is 336 g/mol. The quantitative estimate of drug-likeness (QED) is 0.729. The van der Waals surface area contributed by atoms with Crippen molar-refractivity contribution in [2.75, 3.05) is 29.8 Å². The minimum atomic E-state index is -3.61. The number of hydrogen-bond acceptors (Lipinski definition) is 4. The maximum atomic E-state index is 12.5. The molecule has 25 heavy (non-hydrogen) atoms. The lowest BCUT2D eigenvalue weighted by molar-refractivity contribution is 0.340. The molecule has 1 N–H and O–H groups in total. The van der Waals surface area contributed by atoms with Gasteiger partial charge in [-0.2, -0.15) is 0 Å². The number of ether oxygens (including phenoxy) is 1. The van der Waals surface area contributed by atoms with Crippen LogP contribution in [0.1, 0.15) is 26.7 Å². The van der Waals surface area contributed by atoms with Crippen LogP contribution in [0.2, 0.25) is 0 Å². The van der Waals surface area contributed by atoms with E-state index in [1.807, 2.05) is 26.1 Å². The molecule has 2 aromatic carbocycles. The summed E-state index contributed by atoms with van der Waals surface area (Å²) in [5, 5.41) is 0. The van der Waals surface area contributed by atoms with E-state index in [0.29, 0.717) is 18.0 Å². The van der Waals surface area contributed by atoms with Gasteiger partial charge in [-0.05, 0) is 61.9 Å². The fraction of sp³-hybridized carbons (Fsp3) is 0.368. The number of sulfonamides is 1. The van der Waals surface area contributed by atoms with E-state index in [-0.39, 0.29) is 4.90 Å². The predicted molar refractivity (Wildman–Crippen MR) is 103 cm³/mol. The molecule has 0 radical (unpaired) electrons. The van der Waals surface area contributed by atoms with Crippen molar-refractivity contribution in [1.82, 2.24) is 0 Å². The highest BCUT2D eigenvalue weighted by molar-refractivity contribution is 7.92. The number of unbranched alkanes of at least 4 members (excludes halogenated alkanes) is 1. The molecule has 6 heteroatoms. The third-order valence-corrected chi connectivity index (χ3v) is 5.25. The number of anilines is 2. The highest BCUT2D eigenvalue weighted by atomic mass is 32.2. The molecule has 0 aliphatic heterocycles. The molecule has 0 amide bonds. The topological polar surface area (TPSA) is 58.6 Å². The van der Waals surface area contributed by atoms with Crippen LogP contribution in [0.15, 0.2) is 53.4 Å². The van der Waals surface area contributed by atoms with Crippen molar-refractivity contribution in [1.29, 1.82) is 0 Å². The van der Waals surface area contributed by atoms with Crippen molar-refractivity contribution in [3.8, 4) is 5.75 Å². The molecule has 0 aliphatic carbocycles. The van der Waals surface area contributed by atoms with Crippen molar-refractivity contribution in [2.24, 2.45) is 0 Å². The summed E-state index contributed by atoms with van der Waals surface area (Å²) in [7, 11) is -1.57. The molecule has 0 aromatic heterocycles. The number of benzene rings is 2. The molecule has 0 saturated carbocycles. The normalized spacial score (nSPS) is 11.2. The van der Waals surface area contributed by atoms with E-state index in [1.54, 1.807) is 36.4 Å². The monoisotopic (exact) mass is 362 g/mol. The molecule has 2 rings (SSSR count). The van der Waals surface area contributed by atoms with Crippen molar-refractivity contribution in [3.63, 3.8) is 0 Å². The van der Waals surface area contributed by atoms with Gasteiger partial charge in [-0.3, -0.25) is 4.72 Å². The van der Waals surface area contributed by atoms with Crippen molar-refractivity contribution >= 4 is 21.4 Å². The van der Waals surface area contributed by atoms with Crippen LogP contribution >= 0.6 is 0 Å². The molecule has 0 spiro atoms. The molecule has 0 saturated heterocycles. The summed E-state index contributed by atoms with van der Waals surface area (Å²) >= 11 is 0. The Balaban J connectivity index is 2.07. The SMILES string of the molecule is CCCCN(C)c1ccc(NS(=O)(=O)c2ccc(OCC)cc2)cc1. The zero-order valence-corrected chi connectivity index (χ0v) is 15.8. The fourth-order valence-corrected chi connectivity index (χ4v) is 3.46. The zero-order chi connectivity index (χ0) is 18.3. The summed E-state index contributed by atoms with van der Waals surface area (Å²) in [6, 6.07) is 13.8. The third-order valence-electron chi connectivity index (χ3n) is 3.85. The highest BCUT2D eigenvalue weighted by Crippen LogP contribution is 2.22. The lowest BCUT2D eigenvalue weighted by Crippen LogP contribution is -2.18. The average molecular weight is 362 g/mol. The van der Waals surface area contributed by atoms with Gasteiger partial charge in [0.15, 0.2) is 0 Å². The van der Waals surface area contributed by atoms with Crippen LogP contribution < -0.4 is 14.4 Å². The molecular formula is C19H26N2O3S. The van der Waals surface area contributed by atoms with Crippen molar-refractivity contribution in [3.05, 3.63) is 48.5 Å². The third kappa shape index (κ3) is 5.39. The minimum Gasteiger partial charge on any atom is -0.494 e. The summed E-state index contributed by atoms with van der Waals surface area (Å²) in [5.41, 5.74) is 1.61. The van der Waals surface area contributed by atoms with Gasteiger partial charge in [-0.1, -0.05) is 13.3 Å². The van der Waals surface area contributed by atoms with Crippen LogP contribution in [0, 0.1) is 0 Å². The van der Waals surface area contributed by atoms with Gasteiger partial charge in [-0.15, -0.1) is 0 Å². The van der Waals surface area contributed by atoms with Gasteiger partial charge in [0.1, 0.15) is 5.75 Å². The maximum absolute atomic E-state index is 12.5. The number of hydrogen-bond donors (Lipinski definition) is 1. The first-order chi connectivity index (χ1) is 12.0. The summed E-state index contributed by atoms with van der Waals surface area (Å²) in [5.74, 6) is 0.654. The van der Waals surface area contributed by atoms with Crippen LogP contribution in [0.4, 0.5) is 11.4 Å². The Morgan fingerprint density at radius 2 is 1.64 bits per heavy atom. The lowest BCUT2D eigenvalue weighted by atomic mass is 10.2. The molecule has 0 atom stereocenters. The van der Waals surface area contributed by atoms with Gasteiger partial charge >= 0.3 is 0 Å². The summed E-state index contributed by atoms with van der Waals surface area (Å²) < 4.78 is 32.9. The average Bonchev–Trinajstić information content (AvgIpc) is 2.61. The second-order valence-corrected chi connectivity index (χ2v) is 7.51. The van der Waals surface area contributed by atoms with Crippen LogP contribution in [0.5, 0.6) is 5.75 Å². The predicted octanol–water partition coefficient (Wildman–Crippen LogP) is 4.12. The Labute approximate surface area is 150 Å². The first kappa shape index (κ1) is 19.1. The molecule has 5 nitrogen and oxygen atoms in total. The zero-order valence-electron chi connectivity index (χ0n) is 15.0. The van der Waals surface area contributed by atoms with Crippen LogP contribution in [-0.4, -0.2) is 28.6 Å². The van der Waals surface area contributed by atoms with Crippen molar-refractivity contribution < 1.29 is 13.2 Å². The van der Waals surface area contributed by atoms with E-state index >= 15 is 0 Å². The molecule has 0 fully saturated rings. The first-order valence-electron chi connectivity index (χ1n) is 8.53. The maximum Gasteiger partial charge on any atom is 0.261 e. The Morgan fingerprint density at radius 3 is 2.20 bits per heavy atom. The van der Waals surface area contributed by atoms with E-state index < -0.39 is 10.0 Å². The van der Waals surface area contributed by atoms with E-state index in [4.69, 9.17) is 4.74 Å². The Bertz CT molecular complexity index is 756. The van der Waals surface area contributed by atoms with Crippen LogP contribution in [-0.2, 0) is 10.0 Å². The van der Waals surface area contributed by atoms with Crippen molar-refractivity contribution in [2.45, 2.75) is 31.6 Å². The van der Waals surface area contributed by atoms with Crippen LogP contribution in [0.25, 0.3) is 0 Å². The van der Waals surface area contributed by atoms with Gasteiger partial charge in [-0.25, -0.2) is 8.42 Å². The Kier molecular flexibility index (Phi) is 6.70. The first-order valence-corrected chi connectivity index (χ1v) is 10.0. The van der Waals surface area contributed by atoms with Crippen LogP contribution in [0.3, 0.4) is 0 Å². The van der Waals surface area contributed by atoms with E-state index in [9.17, 15) is 8.42 Å². The number of nitrogens with zero attached hydrogens (tertiary/aromatic N) is 1. The smallest absolute Gasteiger partial charge is 0.261 e. The van der Waals surface area contributed by atoms with Gasteiger partial charge in [0.2, 0.25) is 0 Å². The summed E-state index contributed by atoms with van der Waals surface area (Å²) in [6.45, 7) is 5.57. The summed E-state index contributed by atoms with van der Waals surface area (Å²) in [4.78, 5) is 2.37. The van der Waals surface area contributed by atoms with E-state index in [1.165, 1.54) is 0 Å². The summed E-state index contributed by atoms with van der Waals surface area (Å²) in [6.07, 6.45) is 2.27. The molecule has 0 aliphatic rings. The second-order valence-electron chi connectivity index (χ2n) is 5.83. The molecule has 0 unspecified atom stereocenters. The number of nitrogens with one attached hydrogen (secondary N) is 1. The van der Waals surface area contributed by atoms with E-state index in [2.05, 4.69) is 16.5 Å². The van der Waals surface area contributed by atoms with Gasteiger partial charge in [0, 0.05) is 25.0 Å². The standard InChI is InChI=1S/C19H26N2O3S/c1-4-6-15-21(3)17-9-7-16(8-10-17)20-25(22,23)19-13-11-18(12-14-19)24-5-2/h7-14,20H,4-6,15H2,1-3H3. The molecule has 136 valence electrons. The minimum absolute atomic E-state index is 0.208. The van der Waals surface area contributed by atoms with E-state index in [0.717, 1.165) is 25.1 Å². The highest BCUT2D eigenvalue weighted by Gasteiger charge is 2.14. The largest absolute Gasteiger partial charge is 0.494 e. The van der Waals surface area contributed by atoms with Gasteiger partial charge in [0.05, 0.1) is 11.5 Å². The van der Waals surface area contributed by atoms with Gasteiger partial charge in [0.25, 0.3) is 10.0 Å². The molecule has 0 bridgehead atoms. The molecule has 2 aromatic rings.